The molecule has 12 nitrogen and oxygen atoms in total. The fraction of sp³-hybridized carbons (Fsp3) is 0.500. The van der Waals surface area contributed by atoms with Gasteiger partial charge in [-0.2, -0.15) is 0 Å². The van der Waals surface area contributed by atoms with Crippen LogP contribution in [0.3, 0.4) is 0 Å². The van der Waals surface area contributed by atoms with Gasteiger partial charge in [0.05, 0.1) is 0 Å². The van der Waals surface area contributed by atoms with Crippen LogP contribution >= 0.6 is 0 Å². The highest BCUT2D eigenvalue weighted by molar-refractivity contribution is 5.81. The summed E-state index contributed by atoms with van der Waals surface area (Å²) in [5.41, 5.74) is 0. The first kappa shape index (κ1) is 15.5. The number of hydrogen-bond acceptors (Lipinski definition) is 8. The second kappa shape index (κ2) is 5.18. The van der Waals surface area contributed by atoms with Crippen molar-refractivity contribution in [2.24, 2.45) is 0 Å². The van der Waals surface area contributed by atoms with Crippen molar-refractivity contribution in [2.75, 3.05) is 0 Å². The van der Waals surface area contributed by atoms with Crippen LogP contribution in [-0.4, -0.2) is 54.1 Å². The second-order valence-corrected chi connectivity index (χ2v) is 3.77. The van der Waals surface area contributed by atoms with Gasteiger partial charge in [0, 0.05) is 13.8 Å². The summed E-state index contributed by atoms with van der Waals surface area (Å²) >= 11 is 0. The van der Waals surface area contributed by atoms with E-state index in [4.69, 9.17) is 0 Å². The zero-order valence-electron chi connectivity index (χ0n) is 10.3. The first-order valence-electron chi connectivity index (χ1n) is 5.10. The van der Waals surface area contributed by atoms with Gasteiger partial charge in [0.1, 0.15) is 9.85 Å². The Hall–Kier alpha value is -2.60. The summed E-state index contributed by atoms with van der Waals surface area (Å²) in [4.78, 5) is 41.8. The minimum absolute atomic E-state index is 0.215. The maximum Gasteiger partial charge on any atom is 0.600 e. The van der Waals surface area contributed by atoms with Crippen LogP contribution in [0.15, 0.2) is 11.6 Å². The molecule has 0 spiro atoms. The molecule has 0 unspecified atom stereocenters. The largest absolute Gasteiger partial charge is 0.600 e. The fourth-order valence-electron chi connectivity index (χ4n) is 1.75. The zero-order valence-corrected chi connectivity index (χ0v) is 10.3. The van der Waals surface area contributed by atoms with Gasteiger partial charge in [0.2, 0.25) is 11.8 Å². The summed E-state index contributed by atoms with van der Waals surface area (Å²) in [6, 6.07) is 0. The van der Waals surface area contributed by atoms with Gasteiger partial charge in [0.15, 0.2) is 12.5 Å². The van der Waals surface area contributed by atoms with E-state index in [1.807, 2.05) is 0 Å². The third kappa shape index (κ3) is 2.28. The smallest absolute Gasteiger partial charge is 0.369 e. The predicted molar refractivity (Wildman–Crippen MR) is 58.1 cm³/mol. The third-order valence-corrected chi connectivity index (χ3v) is 2.48. The molecule has 0 saturated carbocycles. The Morgan fingerprint density at radius 1 is 1.00 bits per heavy atom. The molecule has 0 aromatic heterocycles. The van der Waals surface area contributed by atoms with Gasteiger partial charge in [-0.1, -0.05) is 0 Å². The van der Waals surface area contributed by atoms with Crippen molar-refractivity contribution < 1.29 is 29.6 Å². The highest BCUT2D eigenvalue weighted by Crippen LogP contribution is 2.30. The number of hydrogen-bond donors (Lipinski definition) is 2. The fourth-order valence-corrected chi connectivity index (χ4v) is 1.75. The lowest BCUT2D eigenvalue weighted by molar-refractivity contribution is -0.619. The Balaban J connectivity index is 3.67. The molecule has 2 N–H and O–H groups in total. The van der Waals surface area contributed by atoms with Gasteiger partial charge in [-0.3, -0.25) is 39.6 Å². The highest BCUT2D eigenvalue weighted by atomic mass is 16.7. The molecule has 1 rings (SSSR count). The van der Waals surface area contributed by atoms with Gasteiger partial charge in [-0.05, 0) is 0 Å². The van der Waals surface area contributed by atoms with Crippen molar-refractivity contribution in [3.05, 3.63) is 31.9 Å². The van der Waals surface area contributed by atoms with E-state index in [9.17, 15) is 40.0 Å². The molecule has 20 heavy (non-hydrogen) atoms. The van der Waals surface area contributed by atoms with Crippen molar-refractivity contribution in [2.45, 2.75) is 26.3 Å². The SMILES string of the molecule is CC(=O)N1C(=C([N+](=O)[O-])[N+](=O)[O-])N(C(C)=O)[C@@H](O)[C@@H]1O. The van der Waals surface area contributed by atoms with E-state index in [0.29, 0.717) is 0 Å². The summed E-state index contributed by atoms with van der Waals surface area (Å²) in [6.45, 7) is 1.72. The van der Waals surface area contributed by atoms with Crippen LogP contribution in [0.4, 0.5) is 0 Å². The number of nitrogens with zero attached hydrogens (tertiary/aromatic N) is 4. The zero-order chi connectivity index (χ0) is 15.8. The molecule has 2 atom stereocenters. The van der Waals surface area contributed by atoms with Crippen LogP contribution in [0.1, 0.15) is 13.8 Å². The van der Waals surface area contributed by atoms with Crippen LogP contribution in [0.2, 0.25) is 0 Å². The Morgan fingerprint density at radius 2 is 1.30 bits per heavy atom. The number of aliphatic hydroxyl groups excluding tert-OH is 2. The lowest BCUT2D eigenvalue weighted by atomic mass is 10.4. The molecule has 1 aliphatic rings. The molecule has 110 valence electrons. The number of carbonyl (C=O) groups excluding carboxylic acids is 2. The lowest BCUT2D eigenvalue weighted by Gasteiger charge is -2.16. The van der Waals surface area contributed by atoms with Gasteiger partial charge < -0.3 is 10.2 Å². The van der Waals surface area contributed by atoms with Crippen molar-refractivity contribution in [3.63, 3.8) is 0 Å². The van der Waals surface area contributed by atoms with E-state index >= 15 is 0 Å². The van der Waals surface area contributed by atoms with Crippen LogP contribution < -0.4 is 0 Å². The molecule has 1 fully saturated rings. The molecule has 12 heteroatoms. The number of carbonyl (C=O) groups is 2. The van der Waals surface area contributed by atoms with Crippen LogP contribution in [0.25, 0.3) is 0 Å². The molecule has 2 amide bonds. The molecule has 1 saturated heterocycles. The van der Waals surface area contributed by atoms with Crippen LogP contribution in [0, 0.1) is 20.2 Å². The first-order chi connectivity index (χ1) is 9.11. The minimum Gasteiger partial charge on any atom is -0.369 e. The molecular weight excluding hydrogens is 280 g/mol. The van der Waals surface area contributed by atoms with E-state index in [1.165, 1.54) is 0 Å². The van der Waals surface area contributed by atoms with Crippen LogP contribution in [-0.2, 0) is 9.59 Å². The molecule has 0 aromatic rings. The van der Waals surface area contributed by atoms with E-state index < -0.39 is 45.8 Å². The number of rotatable bonds is 2. The Labute approximate surface area is 110 Å². The van der Waals surface area contributed by atoms with Gasteiger partial charge in [0.25, 0.3) is 5.82 Å². The van der Waals surface area contributed by atoms with Crippen molar-refractivity contribution in [1.82, 2.24) is 9.80 Å². The van der Waals surface area contributed by atoms with Crippen LogP contribution in [0.5, 0.6) is 0 Å². The van der Waals surface area contributed by atoms with E-state index in [1.54, 1.807) is 0 Å². The molecule has 0 bridgehead atoms. The summed E-state index contributed by atoms with van der Waals surface area (Å²) in [5.74, 6) is -4.82. The summed E-state index contributed by atoms with van der Waals surface area (Å²) in [5, 5.41) is 40.7. The summed E-state index contributed by atoms with van der Waals surface area (Å²) in [7, 11) is 0. The van der Waals surface area contributed by atoms with E-state index in [-0.39, 0.29) is 9.80 Å². The molecule has 0 radical (unpaired) electrons. The third-order valence-electron chi connectivity index (χ3n) is 2.48. The minimum atomic E-state index is -2.04. The monoisotopic (exact) mass is 290 g/mol. The van der Waals surface area contributed by atoms with Gasteiger partial charge in [-0.15, -0.1) is 0 Å². The van der Waals surface area contributed by atoms with E-state index in [2.05, 4.69) is 0 Å². The predicted octanol–water partition coefficient (Wildman–Crippen LogP) is -1.99. The first-order valence-corrected chi connectivity index (χ1v) is 5.10. The molecule has 0 aromatic carbocycles. The number of nitro groups is 2. The van der Waals surface area contributed by atoms with Crippen molar-refractivity contribution >= 4 is 11.8 Å². The summed E-state index contributed by atoms with van der Waals surface area (Å²) < 4.78 is 0. The van der Waals surface area contributed by atoms with E-state index in [0.717, 1.165) is 13.8 Å². The Kier molecular flexibility index (Phi) is 4.00. The lowest BCUT2D eigenvalue weighted by Crippen LogP contribution is -2.39. The maximum absolute atomic E-state index is 11.4. The number of amides is 2. The second-order valence-electron chi connectivity index (χ2n) is 3.77. The Bertz CT molecular complexity index is 485. The molecule has 1 heterocycles. The van der Waals surface area contributed by atoms with Crippen molar-refractivity contribution in [3.8, 4) is 0 Å². The van der Waals surface area contributed by atoms with Crippen molar-refractivity contribution in [1.29, 1.82) is 0 Å². The molecule has 0 aliphatic carbocycles. The standard InChI is InChI=1S/C8H10N4O8/c1-3(13)9-5(6(11(17)18)12(19)20)10(4(2)14)8(16)7(9)15/h7-8,15-16H,1-2H3/t7-,8-/m0/s1. The highest BCUT2D eigenvalue weighted by Gasteiger charge is 2.54. The number of aliphatic hydroxyl groups is 2. The Morgan fingerprint density at radius 3 is 1.50 bits per heavy atom. The molecular formula is C8H10N4O8. The molecule has 1 aliphatic heterocycles. The van der Waals surface area contributed by atoms with Gasteiger partial charge in [-0.25, -0.2) is 0 Å². The maximum atomic E-state index is 11.4. The quantitative estimate of drug-likeness (QED) is 0.435. The normalized spacial score (nSPS) is 21.9. The van der Waals surface area contributed by atoms with Gasteiger partial charge >= 0.3 is 5.82 Å². The average molecular weight is 290 g/mol. The average Bonchev–Trinajstić information content (AvgIpc) is 2.50. The summed E-state index contributed by atoms with van der Waals surface area (Å²) in [6.07, 6.45) is -4.08. The topological polar surface area (TPSA) is 167 Å².